The molecule has 0 radical (unpaired) electrons. The van der Waals surface area contributed by atoms with Gasteiger partial charge in [0, 0.05) is 6.54 Å². The predicted molar refractivity (Wildman–Crippen MR) is 28.6 cm³/mol. The molecule has 1 unspecified atom stereocenters. The van der Waals surface area contributed by atoms with E-state index in [1.54, 1.807) is 0 Å². The van der Waals surface area contributed by atoms with Gasteiger partial charge in [-0.1, -0.05) is 0 Å². The molecule has 5 heteroatoms. The minimum absolute atomic E-state index is 0.0293. The summed E-state index contributed by atoms with van der Waals surface area (Å²) in [4.78, 5) is 0. The average molecular weight is 137 g/mol. The fourth-order valence-corrected chi connectivity index (χ4v) is 0.417. The van der Waals surface area contributed by atoms with Crippen LogP contribution in [0.4, 0.5) is 0 Å². The molecule has 0 aromatic carbocycles. The molecule has 0 saturated heterocycles. The van der Waals surface area contributed by atoms with E-state index in [0.29, 0.717) is 0 Å². The van der Waals surface area contributed by atoms with E-state index in [1.807, 2.05) is 0 Å². The fraction of sp³-hybridized carbons (Fsp3) is 1.00. The summed E-state index contributed by atoms with van der Waals surface area (Å²) in [5.41, 5.74) is 4.98. The molecule has 0 aliphatic heterocycles. The van der Waals surface area contributed by atoms with E-state index in [1.165, 1.54) is 0 Å². The van der Waals surface area contributed by atoms with Crippen LogP contribution in [0, 0.1) is 0 Å². The van der Waals surface area contributed by atoms with Gasteiger partial charge in [0.25, 0.3) is 0 Å². The average Bonchev–Trinajstić information content (AvgIpc) is 1.83. The van der Waals surface area contributed by atoms with Crippen LogP contribution in [0.3, 0.4) is 0 Å². The third-order valence-corrected chi connectivity index (χ3v) is 0.846. The maximum atomic E-state index is 9.55. The summed E-state index contributed by atoms with van der Waals surface area (Å²) in [5.74, 6) is 0. The molecule has 0 rings (SSSR count). The topological polar surface area (TPSA) is 72.6 Å². The van der Waals surface area contributed by atoms with Gasteiger partial charge in [0.05, 0.1) is 12.7 Å². The fourth-order valence-electron chi connectivity index (χ4n) is 0.185. The first-order valence-corrected chi connectivity index (χ1v) is 2.87. The summed E-state index contributed by atoms with van der Waals surface area (Å²) >= 11 is 0. The number of hydrogen-bond acceptors (Lipinski definition) is 4. The van der Waals surface area contributed by atoms with Gasteiger partial charge in [-0.3, -0.25) is 4.52 Å². The quantitative estimate of drug-likeness (QED) is 0.514. The normalized spacial score (nSPS) is 14.2. The SMILES string of the molecule is NCC(O)COP=O. The van der Waals surface area contributed by atoms with Crippen LogP contribution >= 0.6 is 8.69 Å². The third-order valence-electron chi connectivity index (χ3n) is 0.592. The van der Waals surface area contributed by atoms with Gasteiger partial charge in [-0.2, -0.15) is 0 Å². The van der Waals surface area contributed by atoms with Gasteiger partial charge in [0.15, 0.2) is 0 Å². The van der Waals surface area contributed by atoms with Crippen molar-refractivity contribution in [1.82, 2.24) is 0 Å². The van der Waals surface area contributed by atoms with Crippen LogP contribution in [0.5, 0.6) is 0 Å². The van der Waals surface area contributed by atoms with Crippen molar-refractivity contribution in [3.8, 4) is 0 Å². The van der Waals surface area contributed by atoms with Gasteiger partial charge in [-0.25, -0.2) is 4.57 Å². The summed E-state index contributed by atoms with van der Waals surface area (Å²) in [6, 6.07) is 0. The van der Waals surface area contributed by atoms with Crippen molar-refractivity contribution in [3.63, 3.8) is 0 Å². The number of aliphatic hydroxyl groups excluding tert-OH is 1. The third kappa shape index (κ3) is 4.15. The van der Waals surface area contributed by atoms with Crippen LogP contribution in [-0.4, -0.2) is 24.4 Å². The lowest BCUT2D eigenvalue weighted by Gasteiger charge is -2.01. The molecule has 0 fully saturated rings. The minimum Gasteiger partial charge on any atom is -0.389 e. The highest BCUT2D eigenvalue weighted by molar-refractivity contribution is 7.17. The van der Waals surface area contributed by atoms with Crippen LogP contribution in [0.1, 0.15) is 0 Å². The van der Waals surface area contributed by atoms with Gasteiger partial charge in [0.2, 0.25) is 0 Å². The summed E-state index contributed by atoms with van der Waals surface area (Å²) in [7, 11) is -0.416. The molecule has 8 heavy (non-hydrogen) atoms. The van der Waals surface area contributed by atoms with Crippen LogP contribution in [-0.2, 0) is 9.09 Å². The van der Waals surface area contributed by atoms with Crippen LogP contribution in [0.25, 0.3) is 0 Å². The highest BCUT2D eigenvalue weighted by Crippen LogP contribution is 1.94. The molecule has 48 valence electrons. The van der Waals surface area contributed by atoms with Crippen molar-refractivity contribution < 1.29 is 14.2 Å². The van der Waals surface area contributed by atoms with Gasteiger partial charge in [-0.15, -0.1) is 0 Å². The van der Waals surface area contributed by atoms with Crippen molar-refractivity contribution in [2.45, 2.75) is 6.10 Å². The second-order valence-corrected chi connectivity index (χ2v) is 1.67. The number of hydrogen-bond donors (Lipinski definition) is 2. The molecule has 0 aromatic heterocycles. The van der Waals surface area contributed by atoms with E-state index < -0.39 is 14.8 Å². The first-order chi connectivity index (χ1) is 3.81. The minimum atomic E-state index is -0.698. The Hall–Kier alpha value is -0.0200. The maximum Gasteiger partial charge on any atom is 0.327 e. The van der Waals surface area contributed by atoms with Gasteiger partial charge >= 0.3 is 8.69 Å². The zero-order chi connectivity index (χ0) is 6.41. The maximum absolute atomic E-state index is 9.55. The largest absolute Gasteiger partial charge is 0.389 e. The van der Waals surface area contributed by atoms with Gasteiger partial charge < -0.3 is 10.8 Å². The molecule has 0 aliphatic rings. The van der Waals surface area contributed by atoms with E-state index in [-0.39, 0.29) is 13.2 Å². The Bertz CT molecular complexity index is 69.5. The van der Waals surface area contributed by atoms with E-state index in [4.69, 9.17) is 10.8 Å². The number of nitrogens with two attached hydrogens (primary N) is 1. The second-order valence-electron chi connectivity index (χ2n) is 1.26. The van der Waals surface area contributed by atoms with Gasteiger partial charge in [-0.05, 0) is 0 Å². The van der Waals surface area contributed by atoms with Crippen LogP contribution < -0.4 is 5.73 Å². The Morgan fingerprint density at radius 2 is 2.50 bits per heavy atom. The molecule has 0 aromatic rings. The van der Waals surface area contributed by atoms with Crippen molar-refractivity contribution in [3.05, 3.63) is 0 Å². The van der Waals surface area contributed by atoms with Crippen LogP contribution in [0.15, 0.2) is 0 Å². The smallest absolute Gasteiger partial charge is 0.327 e. The molecule has 0 spiro atoms. The van der Waals surface area contributed by atoms with Gasteiger partial charge in [0.1, 0.15) is 0 Å². The van der Waals surface area contributed by atoms with Crippen molar-refractivity contribution in [2.75, 3.05) is 13.2 Å². The lowest BCUT2D eigenvalue weighted by Crippen LogP contribution is -2.23. The van der Waals surface area contributed by atoms with E-state index in [0.717, 1.165) is 0 Å². The highest BCUT2D eigenvalue weighted by Gasteiger charge is 1.98. The van der Waals surface area contributed by atoms with Crippen molar-refractivity contribution in [2.24, 2.45) is 5.73 Å². The molecular formula is C3H8NO3P. The Kier molecular flexibility index (Phi) is 5.11. The Morgan fingerprint density at radius 1 is 1.88 bits per heavy atom. The lowest BCUT2D eigenvalue weighted by atomic mass is 10.4. The lowest BCUT2D eigenvalue weighted by molar-refractivity contribution is 0.121. The summed E-state index contributed by atoms with van der Waals surface area (Å²) < 4.78 is 13.8. The molecule has 1 atom stereocenters. The molecule has 0 heterocycles. The zero-order valence-corrected chi connectivity index (χ0v) is 5.17. The summed E-state index contributed by atoms with van der Waals surface area (Å²) in [6.45, 7) is 0.164. The Morgan fingerprint density at radius 3 is 2.88 bits per heavy atom. The standard InChI is InChI=1S/C3H8NO3P/c4-1-3(5)2-7-8-6/h3,5H,1-2,4H2. The van der Waals surface area contributed by atoms with Crippen molar-refractivity contribution in [1.29, 1.82) is 0 Å². The molecule has 3 N–H and O–H groups in total. The molecule has 4 nitrogen and oxygen atoms in total. The second kappa shape index (κ2) is 5.12. The zero-order valence-electron chi connectivity index (χ0n) is 4.28. The van der Waals surface area contributed by atoms with E-state index in [2.05, 4.69) is 4.52 Å². The highest BCUT2D eigenvalue weighted by atomic mass is 31.1. The predicted octanol–water partition coefficient (Wildman–Crippen LogP) is -0.471. The Labute approximate surface area is 48.9 Å². The molecule has 0 aliphatic carbocycles. The summed E-state index contributed by atoms with van der Waals surface area (Å²) in [5, 5.41) is 8.60. The first kappa shape index (κ1) is 7.98. The summed E-state index contributed by atoms with van der Waals surface area (Å²) in [6.07, 6.45) is -0.698. The number of aliphatic hydroxyl groups is 1. The molecular weight excluding hydrogens is 129 g/mol. The molecule has 0 bridgehead atoms. The van der Waals surface area contributed by atoms with Crippen molar-refractivity contribution >= 4 is 8.69 Å². The van der Waals surface area contributed by atoms with Crippen LogP contribution in [0.2, 0.25) is 0 Å². The Balaban J connectivity index is 2.97. The molecule has 0 saturated carbocycles. The van der Waals surface area contributed by atoms with E-state index >= 15 is 0 Å². The monoisotopic (exact) mass is 137 g/mol. The number of rotatable bonds is 4. The van der Waals surface area contributed by atoms with E-state index in [9.17, 15) is 4.57 Å². The first-order valence-electron chi connectivity index (χ1n) is 2.14. The molecule has 0 amide bonds.